The van der Waals surface area contributed by atoms with Gasteiger partial charge in [0.05, 0.1) is 0 Å². The number of hydrogen-bond acceptors (Lipinski definition) is 2. The summed E-state index contributed by atoms with van der Waals surface area (Å²) in [4.78, 5) is 0. The van der Waals surface area contributed by atoms with Crippen LogP contribution in [0.4, 0.5) is 4.39 Å². The van der Waals surface area contributed by atoms with E-state index >= 15 is 0 Å². The Kier molecular flexibility index (Phi) is 3.12. The summed E-state index contributed by atoms with van der Waals surface area (Å²) in [7, 11) is 0. The van der Waals surface area contributed by atoms with Crippen LogP contribution in [-0.2, 0) is 12.0 Å². The topological polar surface area (TPSA) is 32.3 Å². The lowest BCUT2D eigenvalue weighted by Gasteiger charge is -2.33. The number of aliphatic hydroxyl groups is 1. The molecule has 1 heterocycles. The van der Waals surface area contributed by atoms with Gasteiger partial charge in [-0.25, -0.2) is 4.39 Å². The third kappa shape index (κ3) is 1.86. The minimum absolute atomic E-state index is 0.0723. The first kappa shape index (κ1) is 12.1. The van der Waals surface area contributed by atoms with Gasteiger partial charge in [0.15, 0.2) is 0 Å². The molecule has 2 atom stereocenters. The lowest BCUT2D eigenvalue weighted by molar-refractivity contribution is -0.00316. The average Bonchev–Trinajstić information content (AvgIpc) is 2.57. The van der Waals surface area contributed by atoms with Crippen molar-refractivity contribution < 1.29 is 9.50 Å². The van der Waals surface area contributed by atoms with Crippen molar-refractivity contribution in [3.8, 4) is 0 Å². The monoisotopic (exact) mass is 249 g/mol. The van der Waals surface area contributed by atoms with Crippen molar-refractivity contribution in [2.45, 2.75) is 50.2 Å². The SMILES string of the molecule is OC1(C2CCCCCN2)CCc2c(F)cccc21. The Bertz CT molecular complexity index is 440. The molecule has 0 bridgehead atoms. The molecule has 0 radical (unpaired) electrons. The number of hydrogen-bond donors (Lipinski definition) is 2. The molecule has 3 heteroatoms. The Labute approximate surface area is 107 Å². The molecular weight excluding hydrogens is 229 g/mol. The van der Waals surface area contributed by atoms with Crippen LogP contribution in [0.15, 0.2) is 18.2 Å². The summed E-state index contributed by atoms with van der Waals surface area (Å²) < 4.78 is 13.8. The number of benzene rings is 1. The molecule has 1 aliphatic heterocycles. The van der Waals surface area contributed by atoms with E-state index in [1.807, 2.05) is 6.07 Å². The summed E-state index contributed by atoms with van der Waals surface area (Å²) in [6.45, 7) is 0.956. The van der Waals surface area contributed by atoms with E-state index in [4.69, 9.17) is 0 Å². The molecule has 2 aliphatic rings. The van der Waals surface area contributed by atoms with Gasteiger partial charge in [0.25, 0.3) is 0 Å². The first-order chi connectivity index (χ1) is 8.72. The fourth-order valence-corrected chi connectivity index (χ4v) is 3.47. The van der Waals surface area contributed by atoms with Crippen molar-refractivity contribution in [2.24, 2.45) is 0 Å². The molecule has 2 nitrogen and oxygen atoms in total. The van der Waals surface area contributed by atoms with Gasteiger partial charge in [0.1, 0.15) is 11.4 Å². The van der Waals surface area contributed by atoms with E-state index in [9.17, 15) is 9.50 Å². The standard InChI is InChI=1S/C15H20FNO/c16-13-6-4-5-12-11(13)8-9-15(12,18)14-7-2-1-3-10-17-14/h4-6,14,17-18H,1-3,7-10H2. The number of rotatable bonds is 1. The molecule has 0 saturated carbocycles. The molecule has 1 saturated heterocycles. The highest BCUT2D eigenvalue weighted by Crippen LogP contribution is 2.42. The Morgan fingerprint density at radius 2 is 2.17 bits per heavy atom. The molecular formula is C15H20FNO. The Hall–Kier alpha value is -0.930. The third-order valence-corrected chi connectivity index (χ3v) is 4.48. The Balaban J connectivity index is 1.95. The average molecular weight is 249 g/mol. The predicted octanol–water partition coefficient (Wildman–Crippen LogP) is 2.49. The second kappa shape index (κ2) is 4.63. The zero-order valence-electron chi connectivity index (χ0n) is 10.6. The lowest BCUT2D eigenvalue weighted by atomic mass is 9.85. The van der Waals surface area contributed by atoms with Crippen molar-refractivity contribution in [1.29, 1.82) is 0 Å². The summed E-state index contributed by atoms with van der Waals surface area (Å²) >= 11 is 0. The zero-order valence-corrected chi connectivity index (χ0v) is 10.6. The summed E-state index contributed by atoms with van der Waals surface area (Å²) in [5.74, 6) is -0.169. The smallest absolute Gasteiger partial charge is 0.126 e. The molecule has 0 aromatic heterocycles. The summed E-state index contributed by atoms with van der Waals surface area (Å²) in [5.41, 5.74) is 0.648. The first-order valence-corrected chi connectivity index (χ1v) is 6.95. The maximum atomic E-state index is 13.8. The molecule has 2 unspecified atom stereocenters. The van der Waals surface area contributed by atoms with Gasteiger partial charge in [0, 0.05) is 6.04 Å². The maximum Gasteiger partial charge on any atom is 0.126 e. The van der Waals surface area contributed by atoms with Gasteiger partial charge in [-0.2, -0.15) is 0 Å². The Morgan fingerprint density at radius 3 is 3.06 bits per heavy atom. The summed E-state index contributed by atoms with van der Waals surface area (Å²) in [6, 6.07) is 5.16. The zero-order chi connectivity index (χ0) is 12.6. The second-order valence-electron chi connectivity index (χ2n) is 5.55. The van der Waals surface area contributed by atoms with E-state index in [1.165, 1.54) is 18.9 Å². The first-order valence-electron chi connectivity index (χ1n) is 6.95. The second-order valence-corrected chi connectivity index (χ2v) is 5.55. The third-order valence-electron chi connectivity index (χ3n) is 4.48. The van der Waals surface area contributed by atoms with Crippen LogP contribution in [0.25, 0.3) is 0 Å². The van der Waals surface area contributed by atoms with Gasteiger partial charge in [-0.1, -0.05) is 25.0 Å². The van der Waals surface area contributed by atoms with Crippen molar-refractivity contribution in [1.82, 2.24) is 5.32 Å². The maximum absolute atomic E-state index is 13.8. The van der Waals surface area contributed by atoms with Crippen LogP contribution < -0.4 is 5.32 Å². The van der Waals surface area contributed by atoms with E-state index in [0.717, 1.165) is 24.9 Å². The van der Waals surface area contributed by atoms with Gasteiger partial charge in [-0.3, -0.25) is 0 Å². The normalized spacial score (nSPS) is 32.0. The van der Waals surface area contributed by atoms with Gasteiger partial charge in [-0.05, 0) is 49.4 Å². The van der Waals surface area contributed by atoms with Crippen molar-refractivity contribution in [3.63, 3.8) is 0 Å². The molecule has 1 aliphatic carbocycles. The van der Waals surface area contributed by atoms with Crippen LogP contribution >= 0.6 is 0 Å². The van der Waals surface area contributed by atoms with Crippen LogP contribution in [0.2, 0.25) is 0 Å². The van der Waals surface area contributed by atoms with E-state index in [0.29, 0.717) is 18.4 Å². The van der Waals surface area contributed by atoms with E-state index in [1.54, 1.807) is 6.07 Å². The molecule has 0 amide bonds. The van der Waals surface area contributed by atoms with Gasteiger partial charge < -0.3 is 10.4 Å². The molecule has 0 spiro atoms. The molecule has 2 N–H and O–H groups in total. The number of halogens is 1. The molecule has 18 heavy (non-hydrogen) atoms. The molecule has 1 aromatic carbocycles. The van der Waals surface area contributed by atoms with Crippen LogP contribution in [0.1, 0.15) is 43.2 Å². The fraction of sp³-hybridized carbons (Fsp3) is 0.600. The minimum Gasteiger partial charge on any atom is -0.384 e. The molecule has 1 aromatic rings. The fourth-order valence-electron chi connectivity index (χ4n) is 3.47. The van der Waals surface area contributed by atoms with Gasteiger partial charge in [0.2, 0.25) is 0 Å². The summed E-state index contributed by atoms with van der Waals surface area (Å²) in [6.07, 6.45) is 5.80. The van der Waals surface area contributed by atoms with Gasteiger partial charge >= 0.3 is 0 Å². The Morgan fingerprint density at radius 1 is 1.28 bits per heavy atom. The van der Waals surface area contributed by atoms with Crippen LogP contribution in [0.3, 0.4) is 0 Å². The largest absolute Gasteiger partial charge is 0.384 e. The highest BCUT2D eigenvalue weighted by atomic mass is 19.1. The molecule has 98 valence electrons. The number of nitrogens with one attached hydrogen (secondary N) is 1. The summed E-state index contributed by atoms with van der Waals surface area (Å²) in [5, 5.41) is 14.4. The van der Waals surface area contributed by atoms with Crippen molar-refractivity contribution in [2.75, 3.05) is 6.54 Å². The van der Waals surface area contributed by atoms with E-state index in [2.05, 4.69) is 5.32 Å². The van der Waals surface area contributed by atoms with Crippen molar-refractivity contribution >= 4 is 0 Å². The van der Waals surface area contributed by atoms with E-state index in [-0.39, 0.29) is 11.9 Å². The van der Waals surface area contributed by atoms with Gasteiger partial charge in [-0.15, -0.1) is 0 Å². The number of fused-ring (bicyclic) bond motifs is 1. The highest BCUT2D eigenvalue weighted by molar-refractivity contribution is 5.39. The molecule has 1 fully saturated rings. The van der Waals surface area contributed by atoms with Crippen LogP contribution in [0, 0.1) is 5.82 Å². The molecule has 3 rings (SSSR count). The van der Waals surface area contributed by atoms with Crippen LogP contribution in [-0.4, -0.2) is 17.7 Å². The predicted molar refractivity (Wildman–Crippen MR) is 68.9 cm³/mol. The lowest BCUT2D eigenvalue weighted by Crippen LogP contribution is -2.47. The minimum atomic E-state index is -0.873. The quantitative estimate of drug-likeness (QED) is 0.801. The van der Waals surface area contributed by atoms with Crippen LogP contribution in [0.5, 0.6) is 0 Å². The highest BCUT2D eigenvalue weighted by Gasteiger charge is 2.44. The van der Waals surface area contributed by atoms with Crippen molar-refractivity contribution in [3.05, 3.63) is 35.1 Å². The van der Waals surface area contributed by atoms with E-state index < -0.39 is 5.60 Å².